The fraction of sp³-hybridized carbons (Fsp3) is 0.188. The van der Waals surface area contributed by atoms with Gasteiger partial charge >= 0.3 is 6.18 Å². The van der Waals surface area contributed by atoms with Crippen LogP contribution in [0.3, 0.4) is 0 Å². The van der Waals surface area contributed by atoms with Gasteiger partial charge in [0.15, 0.2) is 5.78 Å². The van der Waals surface area contributed by atoms with E-state index in [4.69, 9.17) is 0 Å². The van der Waals surface area contributed by atoms with Crippen molar-refractivity contribution in [2.24, 2.45) is 0 Å². The Bertz CT molecular complexity index is 633. The van der Waals surface area contributed by atoms with E-state index in [9.17, 15) is 18.0 Å². The van der Waals surface area contributed by atoms with E-state index in [1.165, 1.54) is 18.2 Å². The number of hydrogen-bond acceptors (Lipinski definition) is 1. The third-order valence-electron chi connectivity index (χ3n) is 3.09. The molecule has 110 valence electrons. The van der Waals surface area contributed by atoms with Crippen LogP contribution < -0.4 is 0 Å². The second-order valence-corrected chi connectivity index (χ2v) is 5.51. The van der Waals surface area contributed by atoms with Crippen molar-refractivity contribution < 1.29 is 18.0 Å². The third kappa shape index (κ3) is 4.17. The van der Waals surface area contributed by atoms with Crippen LogP contribution in [0.15, 0.2) is 53.0 Å². The summed E-state index contributed by atoms with van der Waals surface area (Å²) in [6, 6.07) is 12.3. The van der Waals surface area contributed by atoms with E-state index in [1.54, 1.807) is 0 Å². The normalized spacial score (nSPS) is 11.4. The Balaban J connectivity index is 2.12. The predicted octanol–water partition coefficient (Wildman–Crippen LogP) is 5.28. The standard InChI is InChI=1S/C16H12BrF3O/c17-12-8-5-11(6-9-12)7-10-15(21)13-3-1-2-4-14(13)16(18,19)20/h1-6,8-9H,7,10H2. The average molecular weight is 357 g/mol. The van der Waals surface area contributed by atoms with Crippen molar-refractivity contribution in [2.45, 2.75) is 19.0 Å². The fourth-order valence-electron chi connectivity index (χ4n) is 2.02. The maximum Gasteiger partial charge on any atom is 0.417 e. The number of rotatable bonds is 4. The molecule has 0 spiro atoms. The Kier molecular flexibility index (Phi) is 4.83. The Morgan fingerprint density at radius 1 is 1.00 bits per heavy atom. The summed E-state index contributed by atoms with van der Waals surface area (Å²) in [6.07, 6.45) is -4.04. The summed E-state index contributed by atoms with van der Waals surface area (Å²) in [7, 11) is 0. The zero-order valence-electron chi connectivity index (χ0n) is 11.0. The van der Waals surface area contributed by atoms with Gasteiger partial charge in [0, 0.05) is 16.5 Å². The largest absolute Gasteiger partial charge is 0.417 e. The molecular weight excluding hydrogens is 345 g/mol. The molecule has 0 N–H and O–H groups in total. The van der Waals surface area contributed by atoms with Crippen LogP contribution in [0.5, 0.6) is 0 Å². The van der Waals surface area contributed by atoms with E-state index in [0.29, 0.717) is 6.42 Å². The number of ketones is 1. The van der Waals surface area contributed by atoms with Crippen LogP contribution in [0.4, 0.5) is 13.2 Å². The van der Waals surface area contributed by atoms with Gasteiger partial charge in [-0.05, 0) is 30.2 Å². The van der Waals surface area contributed by atoms with Crippen molar-refractivity contribution in [1.82, 2.24) is 0 Å². The van der Waals surface area contributed by atoms with Gasteiger partial charge in [0.2, 0.25) is 0 Å². The van der Waals surface area contributed by atoms with Gasteiger partial charge in [-0.2, -0.15) is 13.2 Å². The minimum atomic E-state index is -4.51. The minimum absolute atomic E-state index is 0.0503. The van der Waals surface area contributed by atoms with E-state index in [0.717, 1.165) is 16.1 Å². The topological polar surface area (TPSA) is 17.1 Å². The molecule has 0 fully saturated rings. The molecule has 0 bridgehead atoms. The van der Waals surface area contributed by atoms with Gasteiger partial charge < -0.3 is 0 Å². The quantitative estimate of drug-likeness (QED) is 0.680. The number of Topliss-reactive ketones (excluding diaryl/α,β-unsaturated/α-hetero) is 1. The molecule has 0 aliphatic rings. The molecule has 0 saturated heterocycles. The van der Waals surface area contributed by atoms with Crippen LogP contribution in [-0.2, 0) is 12.6 Å². The summed E-state index contributed by atoms with van der Waals surface area (Å²) >= 11 is 3.30. The molecule has 0 atom stereocenters. The van der Waals surface area contributed by atoms with Crippen LogP contribution >= 0.6 is 15.9 Å². The van der Waals surface area contributed by atoms with E-state index < -0.39 is 17.5 Å². The van der Waals surface area contributed by atoms with Gasteiger partial charge in [0.25, 0.3) is 0 Å². The highest BCUT2D eigenvalue weighted by Gasteiger charge is 2.34. The number of benzene rings is 2. The number of aryl methyl sites for hydroxylation is 1. The number of carbonyl (C=O) groups excluding carboxylic acids is 1. The second kappa shape index (κ2) is 6.43. The number of halogens is 4. The van der Waals surface area contributed by atoms with Gasteiger partial charge in [-0.3, -0.25) is 4.79 Å². The summed E-state index contributed by atoms with van der Waals surface area (Å²) in [5.41, 5.74) is -0.219. The van der Waals surface area contributed by atoms with Gasteiger partial charge in [-0.25, -0.2) is 0 Å². The minimum Gasteiger partial charge on any atom is -0.294 e. The molecule has 2 aromatic rings. The Hall–Kier alpha value is -1.62. The highest BCUT2D eigenvalue weighted by atomic mass is 79.9. The molecule has 5 heteroatoms. The fourth-order valence-corrected chi connectivity index (χ4v) is 2.28. The Morgan fingerprint density at radius 3 is 2.24 bits per heavy atom. The highest BCUT2D eigenvalue weighted by molar-refractivity contribution is 9.10. The summed E-state index contributed by atoms with van der Waals surface area (Å²) in [5.74, 6) is -0.495. The lowest BCUT2D eigenvalue weighted by atomic mass is 9.98. The SMILES string of the molecule is O=C(CCc1ccc(Br)cc1)c1ccccc1C(F)(F)F. The first-order valence-corrected chi connectivity index (χ1v) is 7.11. The predicted molar refractivity (Wildman–Crippen MR) is 78.2 cm³/mol. The van der Waals surface area contributed by atoms with Crippen LogP contribution in [0.25, 0.3) is 0 Å². The maximum absolute atomic E-state index is 12.9. The molecule has 2 aromatic carbocycles. The lowest BCUT2D eigenvalue weighted by molar-refractivity contribution is -0.137. The van der Waals surface area contributed by atoms with Gasteiger partial charge in [-0.15, -0.1) is 0 Å². The zero-order chi connectivity index (χ0) is 15.5. The molecule has 2 rings (SSSR count). The summed E-state index contributed by atoms with van der Waals surface area (Å²) < 4.78 is 39.5. The molecule has 0 heterocycles. The Morgan fingerprint density at radius 2 is 1.62 bits per heavy atom. The third-order valence-corrected chi connectivity index (χ3v) is 3.62. The molecule has 0 aromatic heterocycles. The lowest BCUT2D eigenvalue weighted by Crippen LogP contribution is -2.13. The van der Waals surface area contributed by atoms with Crippen LogP contribution in [-0.4, -0.2) is 5.78 Å². The summed E-state index contributed by atoms with van der Waals surface area (Å²) in [4.78, 5) is 12.0. The molecule has 0 saturated carbocycles. The van der Waals surface area contributed by atoms with E-state index >= 15 is 0 Å². The first-order chi connectivity index (χ1) is 9.88. The number of alkyl halides is 3. The maximum atomic E-state index is 12.9. The molecule has 0 unspecified atom stereocenters. The van der Waals surface area contributed by atoms with Gasteiger partial charge in [-0.1, -0.05) is 46.3 Å². The molecule has 0 amide bonds. The van der Waals surface area contributed by atoms with Crippen molar-refractivity contribution in [3.63, 3.8) is 0 Å². The molecule has 21 heavy (non-hydrogen) atoms. The van der Waals surface area contributed by atoms with Gasteiger partial charge in [0.05, 0.1) is 5.56 Å². The smallest absolute Gasteiger partial charge is 0.294 e. The van der Waals surface area contributed by atoms with Crippen molar-refractivity contribution in [2.75, 3.05) is 0 Å². The second-order valence-electron chi connectivity index (χ2n) is 4.59. The van der Waals surface area contributed by atoms with E-state index in [1.807, 2.05) is 24.3 Å². The molecule has 1 nitrogen and oxygen atoms in total. The van der Waals surface area contributed by atoms with Crippen molar-refractivity contribution >= 4 is 21.7 Å². The zero-order valence-corrected chi connectivity index (χ0v) is 12.5. The van der Waals surface area contributed by atoms with E-state index in [2.05, 4.69) is 15.9 Å². The van der Waals surface area contributed by atoms with Crippen LogP contribution in [0.1, 0.15) is 27.9 Å². The summed E-state index contributed by atoms with van der Waals surface area (Å²) in [5, 5.41) is 0. The van der Waals surface area contributed by atoms with Crippen LogP contribution in [0.2, 0.25) is 0 Å². The molecular formula is C16H12BrF3O. The molecule has 0 aliphatic carbocycles. The monoisotopic (exact) mass is 356 g/mol. The first kappa shape index (κ1) is 15.8. The Labute approximate surface area is 128 Å². The van der Waals surface area contributed by atoms with E-state index in [-0.39, 0.29) is 12.0 Å². The van der Waals surface area contributed by atoms with Crippen LogP contribution in [0, 0.1) is 0 Å². The van der Waals surface area contributed by atoms with Gasteiger partial charge in [0.1, 0.15) is 0 Å². The highest BCUT2D eigenvalue weighted by Crippen LogP contribution is 2.32. The average Bonchev–Trinajstić information content (AvgIpc) is 2.45. The number of hydrogen-bond donors (Lipinski definition) is 0. The molecule has 0 aliphatic heterocycles. The molecule has 0 radical (unpaired) electrons. The lowest BCUT2D eigenvalue weighted by Gasteiger charge is -2.11. The van der Waals surface area contributed by atoms with Crippen molar-refractivity contribution in [3.8, 4) is 0 Å². The van der Waals surface area contributed by atoms with Crippen molar-refractivity contribution in [1.29, 1.82) is 0 Å². The first-order valence-electron chi connectivity index (χ1n) is 6.32. The summed E-state index contributed by atoms with van der Waals surface area (Å²) in [6.45, 7) is 0. The van der Waals surface area contributed by atoms with Crippen molar-refractivity contribution in [3.05, 3.63) is 69.7 Å². The number of carbonyl (C=O) groups is 1.